The summed E-state index contributed by atoms with van der Waals surface area (Å²) >= 11 is 3.42. The second-order valence-electron chi connectivity index (χ2n) is 5.62. The Balaban J connectivity index is 1.74. The number of hydrogen-bond donors (Lipinski definition) is 1. The monoisotopic (exact) mass is 336 g/mol. The molecule has 0 bridgehead atoms. The minimum Gasteiger partial charge on any atom is -0.353 e. The van der Waals surface area contributed by atoms with Gasteiger partial charge in [0.05, 0.1) is 5.92 Å². The first kappa shape index (κ1) is 13.6. The Morgan fingerprint density at radius 3 is 2.80 bits per heavy atom. The summed E-state index contributed by atoms with van der Waals surface area (Å²) in [5.74, 6) is -0.157. The summed E-state index contributed by atoms with van der Waals surface area (Å²) in [4.78, 5) is 26.0. The fourth-order valence-corrected chi connectivity index (χ4v) is 3.06. The summed E-state index contributed by atoms with van der Waals surface area (Å²) in [6.45, 7) is 2.46. The van der Waals surface area contributed by atoms with Crippen LogP contribution in [-0.2, 0) is 9.59 Å². The van der Waals surface area contributed by atoms with Crippen molar-refractivity contribution in [3.05, 3.63) is 28.2 Å². The van der Waals surface area contributed by atoms with Crippen LogP contribution in [0.2, 0.25) is 0 Å². The van der Waals surface area contributed by atoms with Gasteiger partial charge in [-0.3, -0.25) is 9.59 Å². The maximum absolute atomic E-state index is 12.2. The highest BCUT2D eigenvalue weighted by atomic mass is 79.9. The first-order valence-corrected chi connectivity index (χ1v) is 7.71. The molecule has 2 aliphatic rings. The molecule has 106 valence electrons. The van der Waals surface area contributed by atoms with Gasteiger partial charge < -0.3 is 10.2 Å². The molecule has 4 nitrogen and oxygen atoms in total. The van der Waals surface area contributed by atoms with Crippen molar-refractivity contribution < 1.29 is 9.59 Å². The quantitative estimate of drug-likeness (QED) is 0.921. The number of nitrogens with zero attached hydrogens (tertiary/aromatic N) is 1. The van der Waals surface area contributed by atoms with E-state index in [1.54, 1.807) is 4.90 Å². The lowest BCUT2D eigenvalue weighted by Crippen LogP contribution is -2.34. The number of rotatable bonds is 3. The van der Waals surface area contributed by atoms with Gasteiger partial charge in [-0.25, -0.2) is 0 Å². The first-order valence-electron chi connectivity index (χ1n) is 6.91. The zero-order chi connectivity index (χ0) is 14.3. The highest BCUT2D eigenvalue weighted by Gasteiger charge is 2.37. The van der Waals surface area contributed by atoms with Crippen LogP contribution >= 0.6 is 15.9 Å². The van der Waals surface area contributed by atoms with E-state index in [-0.39, 0.29) is 17.7 Å². The summed E-state index contributed by atoms with van der Waals surface area (Å²) in [7, 11) is 0. The molecule has 1 aliphatic heterocycles. The molecule has 1 saturated heterocycles. The molecule has 0 spiro atoms. The number of carbonyl (C=O) groups is 2. The average Bonchev–Trinajstić information content (AvgIpc) is 3.11. The lowest BCUT2D eigenvalue weighted by Gasteiger charge is -2.19. The van der Waals surface area contributed by atoms with Crippen LogP contribution in [0.1, 0.15) is 24.8 Å². The first-order chi connectivity index (χ1) is 9.54. The standard InChI is InChI=1S/C15H17BrN2O2/c1-9-6-11(16)2-5-13(9)18-8-10(7-14(18)19)15(20)17-12-3-4-12/h2,5-6,10,12H,3-4,7-8H2,1H3,(H,17,20). The fourth-order valence-electron chi connectivity index (χ4n) is 2.58. The molecule has 1 atom stereocenters. The fraction of sp³-hybridized carbons (Fsp3) is 0.467. The van der Waals surface area contributed by atoms with Gasteiger partial charge >= 0.3 is 0 Å². The Hall–Kier alpha value is -1.36. The Kier molecular flexibility index (Phi) is 3.54. The number of amides is 2. The molecule has 0 aromatic heterocycles. The van der Waals surface area contributed by atoms with Gasteiger partial charge in [-0.05, 0) is 43.5 Å². The molecule has 1 aliphatic carbocycles. The Morgan fingerprint density at radius 1 is 1.40 bits per heavy atom. The van der Waals surface area contributed by atoms with Crippen LogP contribution in [0.15, 0.2) is 22.7 Å². The molecule has 1 aromatic carbocycles. The molecule has 1 heterocycles. The largest absolute Gasteiger partial charge is 0.353 e. The summed E-state index contributed by atoms with van der Waals surface area (Å²) in [5, 5.41) is 2.99. The Bertz CT molecular complexity index is 569. The molecule has 2 fully saturated rings. The van der Waals surface area contributed by atoms with Crippen LogP contribution in [0.3, 0.4) is 0 Å². The summed E-state index contributed by atoms with van der Waals surface area (Å²) in [6, 6.07) is 6.19. The van der Waals surface area contributed by atoms with Crippen LogP contribution in [0.5, 0.6) is 0 Å². The van der Waals surface area contributed by atoms with Gasteiger partial charge in [-0.1, -0.05) is 15.9 Å². The minimum absolute atomic E-state index is 0.0260. The van der Waals surface area contributed by atoms with E-state index in [0.29, 0.717) is 19.0 Å². The van der Waals surface area contributed by atoms with E-state index >= 15 is 0 Å². The van der Waals surface area contributed by atoms with Crippen molar-refractivity contribution in [2.45, 2.75) is 32.2 Å². The van der Waals surface area contributed by atoms with Crippen molar-refractivity contribution in [3.8, 4) is 0 Å². The minimum atomic E-state index is -0.217. The van der Waals surface area contributed by atoms with E-state index in [1.165, 1.54) is 0 Å². The number of carbonyl (C=O) groups excluding carboxylic acids is 2. The van der Waals surface area contributed by atoms with Crippen molar-refractivity contribution in [1.29, 1.82) is 0 Å². The highest BCUT2D eigenvalue weighted by Crippen LogP contribution is 2.30. The molecule has 1 unspecified atom stereocenters. The van der Waals surface area contributed by atoms with Gasteiger partial charge in [0.15, 0.2) is 0 Å². The lowest BCUT2D eigenvalue weighted by molar-refractivity contribution is -0.126. The predicted octanol–water partition coefficient (Wildman–Crippen LogP) is 2.39. The van der Waals surface area contributed by atoms with Crippen LogP contribution in [0, 0.1) is 12.8 Å². The number of nitrogens with one attached hydrogen (secondary N) is 1. The second-order valence-corrected chi connectivity index (χ2v) is 6.53. The summed E-state index contributed by atoms with van der Waals surface area (Å²) < 4.78 is 0.994. The molecule has 20 heavy (non-hydrogen) atoms. The van der Waals surface area contributed by atoms with E-state index in [4.69, 9.17) is 0 Å². The number of hydrogen-bond acceptors (Lipinski definition) is 2. The number of anilines is 1. The predicted molar refractivity (Wildman–Crippen MR) is 80.5 cm³/mol. The molecule has 1 aromatic rings. The Labute approximate surface area is 126 Å². The van der Waals surface area contributed by atoms with Crippen molar-refractivity contribution in [2.75, 3.05) is 11.4 Å². The second kappa shape index (κ2) is 5.20. The maximum atomic E-state index is 12.2. The third-order valence-electron chi connectivity index (χ3n) is 3.87. The van der Waals surface area contributed by atoms with Crippen LogP contribution in [0.4, 0.5) is 5.69 Å². The van der Waals surface area contributed by atoms with Gasteiger partial charge in [0, 0.05) is 29.2 Å². The van der Waals surface area contributed by atoms with Crippen LogP contribution < -0.4 is 10.2 Å². The van der Waals surface area contributed by atoms with Crippen molar-refractivity contribution in [3.63, 3.8) is 0 Å². The number of halogens is 1. The van der Waals surface area contributed by atoms with Crippen molar-refractivity contribution >= 4 is 33.4 Å². The smallest absolute Gasteiger partial charge is 0.227 e. The average molecular weight is 337 g/mol. The van der Waals surface area contributed by atoms with Crippen LogP contribution in [0.25, 0.3) is 0 Å². The molecule has 5 heteroatoms. The zero-order valence-corrected chi connectivity index (χ0v) is 12.9. The SMILES string of the molecule is Cc1cc(Br)ccc1N1CC(C(=O)NC2CC2)CC1=O. The summed E-state index contributed by atoms with van der Waals surface area (Å²) in [5.41, 5.74) is 1.94. The van der Waals surface area contributed by atoms with Crippen LogP contribution in [-0.4, -0.2) is 24.4 Å². The lowest BCUT2D eigenvalue weighted by atomic mass is 10.1. The topological polar surface area (TPSA) is 49.4 Å². The summed E-state index contributed by atoms with van der Waals surface area (Å²) in [6.07, 6.45) is 2.46. The molecule has 0 radical (unpaired) electrons. The van der Waals surface area contributed by atoms with Gasteiger partial charge in [-0.2, -0.15) is 0 Å². The van der Waals surface area contributed by atoms with Gasteiger partial charge in [0.25, 0.3) is 0 Å². The van der Waals surface area contributed by atoms with Crippen molar-refractivity contribution in [2.24, 2.45) is 5.92 Å². The van der Waals surface area contributed by atoms with E-state index < -0.39 is 0 Å². The molecule has 2 amide bonds. The van der Waals surface area contributed by atoms with E-state index in [2.05, 4.69) is 21.2 Å². The number of benzene rings is 1. The maximum Gasteiger partial charge on any atom is 0.227 e. The normalized spacial score (nSPS) is 22.2. The third-order valence-corrected chi connectivity index (χ3v) is 4.36. The third kappa shape index (κ3) is 2.73. The molecule has 3 rings (SSSR count). The van der Waals surface area contributed by atoms with E-state index in [9.17, 15) is 9.59 Å². The van der Waals surface area contributed by atoms with Gasteiger partial charge in [0.1, 0.15) is 0 Å². The van der Waals surface area contributed by atoms with E-state index in [1.807, 2.05) is 25.1 Å². The zero-order valence-electron chi connectivity index (χ0n) is 11.4. The highest BCUT2D eigenvalue weighted by molar-refractivity contribution is 9.10. The molecular weight excluding hydrogens is 320 g/mol. The van der Waals surface area contributed by atoms with E-state index in [0.717, 1.165) is 28.6 Å². The molecular formula is C15H17BrN2O2. The van der Waals surface area contributed by atoms with Gasteiger partial charge in [-0.15, -0.1) is 0 Å². The molecule has 1 N–H and O–H groups in total. The van der Waals surface area contributed by atoms with Crippen molar-refractivity contribution in [1.82, 2.24) is 5.32 Å². The Morgan fingerprint density at radius 2 is 2.15 bits per heavy atom. The number of aryl methyl sites for hydroxylation is 1. The molecule has 1 saturated carbocycles. The van der Waals surface area contributed by atoms with Gasteiger partial charge in [0.2, 0.25) is 11.8 Å².